The minimum atomic E-state index is -0.975. The molecule has 0 saturated heterocycles. The third-order valence-corrected chi connectivity index (χ3v) is 5.75. The SMILES string of the molecule is COc1cc2occ(-c3ccc(C)cc3C)c2cc1/C(C)=C/C(=O)Nc1ccc(F)c([N+](=O)[O-])c1. The molecule has 178 valence electrons. The topological polar surface area (TPSA) is 94.6 Å². The summed E-state index contributed by atoms with van der Waals surface area (Å²) >= 11 is 0. The lowest BCUT2D eigenvalue weighted by molar-refractivity contribution is -0.387. The number of furan rings is 1. The minimum absolute atomic E-state index is 0.113. The van der Waals surface area contributed by atoms with Crippen LogP contribution in [0.4, 0.5) is 15.8 Å². The van der Waals surface area contributed by atoms with Crippen molar-refractivity contribution in [3.05, 3.63) is 93.5 Å². The number of aryl methyl sites for hydroxylation is 2. The lowest BCUT2D eigenvalue weighted by Crippen LogP contribution is -2.09. The Morgan fingerprint density at radius 2 is 1.89 bits per heavy atom. The molecule has 4 rings (SSSR count). The van der Waals surface area contributed by atoms with Crippen LogP contribution in [-0.2, 0) is 4.79 Å². The van der Waals surface area contributed by atoms with E-state index in [0.29, 0.717) is 22.5 Å². The Morgan fingerprint density at radius 1 is 1.11 bits per heavy atom. The first-order valence-corrected chi connectivity index (χ1v) is 10.8. The van der Waals surface area contributed by atoms with Crippen LogP contribution < -0.4 is 10.1 Å². The summed E-state index contributed by atoms with van der Waals surface area (Å²) < 4.78 is 24.9. The van der Waals surface area contributed by atoms with Crippen LogP contribution >= 0.6 is 0 Å². The molecule has 0 saturated carbocycles. The Labute approximate surface area is 201 Å². The maximum Gasteiger partial charge on any atom is 0.306 e. The predicted molar refractivity (Wildman–Crippen MR) is 133 cm³/mol. The van der Waals surface area contributed by atoms with Crippen molar-refractivity contribution in [2.45, 2.75) is 20.8 Å². The second-order valence-electron chi connectivity index (χ2n) is 8.26. The Morgan fingerprint density at radius 3 is 2.57 bits per heavy atom. The number of benzene rings is 3. The summed E-state index contributed by atoms with van der Waals surface area (Å²) in [6.45, 7) is 5.84. The van der Waals surface area contributed by atoms with Crippen molar-refractivity contribution in [2.75, 3.05) is 12.4 Å². The number of anilines is 1. The standard InChI is InChI=1S/C27H23FN2O5/c1-15-5-7-19(16(2)9-15)22-14-35-26-13-25(34-4)20(12-21(22)26)17(3)10-27(31)29-18-6-8-23(28)24(11-18)30(32)33/h5-14H,1-4H3,(H,29,31)/b17-10+. The van der Waals surface area contributed by atoms with Gasteiger partial charge in [-0.1, -0.05) is 23.8 Å². The summed E-state index contributed by atoms with van der Waals surface area (Å²) in [5.41, 5.74) is 5.59. The number of hydrogen-bond acceptors (Lipinski definition) is 5. The summed E-state index contributed by atoms with van der Waals surface area (Å²) in [6, 6.07) is 13.1. The van der Waals surface area contributed by atoms with Gasteiger partial charge in [0.15, 0.2) is 0 Å². The molecule has 1 heterocycles. The zero-order chi connectivity index (χ0) is 25.3. The van der Waals surface area contributed by atoms with E-state index in [1.165, 1.54) is 19.3 Å². The number of allylic oxidation sites excluding steroid dienone is 1. The van der Waals surface area contributed by atoms with Crippen LogP contribution in [0, 0.1) is 29.8 Å². The molecule has 0 atom stereocenters. The van der Waals surface area contributed by atoms with Gasteiger partial charge in [0.1, 0.15) is 11.3 Å². The maximum absolute atomic E-state index is 13.6. The number of carbonyl (C=O) groups is 1. The van der Waals surface area contributed by atoms with E-state index in [1.807, 2.05) is 26.0 Å². The smallest absolute Gasteiger partial charge is 0.306 e. The van der Waals surface area contributed by atoms with Gasteiger partial charge in [-0.3, -0.25) is 14.9 Å². The van der Waals surface area contributed by atoms with Gasteiger partial charge in [0.25, 0.3) is 0 Å². The highest BCUT2D eigenvalue weighted by atomic mass is 19.1. The monoisotopic (exact) mass is 474 g/mol. The summed E-state index contributed by atoms with van der Waals surface area (Å²) in [7, 11) is 1.53. The third-order valence-electron chi connectivity index (χ3n) is 5.75. The van der Waals surface area contributed by atoms with Crippen molar-refractivity contribution in [1.82, 2.24) is 0 Å². The molecule has 35 heavy (non-hydrogen) atoms. The van der Waals surface area contributed by atoms with Crippen molar-refractivity contribution in [3.63, 3.8) is 0 Å². The van der Waals surface area contributed by atoms with Gasteiger partial charge in [-0.2, -0.15) is 4.39 Å². The molecule has 0 spiro atoms. The van der Waals surface area contributed by atoms with E-state index in [2.05, 4.69) is 17.4 Å². The van der Waals surface area contributed by atoms with Gasteiger partial charge >= 0.3 is 5.69 Å². The lowest BCUT2D eigenvalue weighted by atomic mass is 9.96. The first-order chi connectivity index (χ1) is 16.7. The number of nitro groups is 1. The highest BCUT2D eigenvalue weighted by Crippen LogP contribution is 2.38. The molecule has 8 heteroatoms. The molecule has 7 nitrogen and oxygen atoms in total. The summed E-state index contributed by atoms with van der Waals surface area (Å²) in [4.78, 5) is 22.8. The number of nitro benzene ring substituents is 1. The Bertz CT molecular complexity index is 1500. The fraction of sp³-hybridized carbons (Fsp3) is 0.148. The number of ether oxygens (including phenoxy) is 1. The zero-order valence-electron chi connectivity index (χ0n) is 19.6. The van der Waals surface area contributed by atoms with Gasteiger partial charge in [0.2, 0.25) is 11.7 Å². The van der Waals surface area contributed by atoms with E-state index in [9.17, 15) is 19.3 Å². The molecule has 0 bridgehead atoms. The van der Waals surface area contributed by atoms with Crippen LogP contribution in [0.3, 0.4) is 0 Å². The highest BCUT2D eigenvalue weighted by molar-refractivity contribution is 6.05. The average Bonchev–Trinajstić information content (AvgIpc) is 3.21. The number of fused-ring (bicyclic) bond motifs is 1. The number of rotatable bonds is 6. The lowest BCUT2D eigenvalue weighted by Gasteiger charge is -2.11. The highest BCUT2D eigenvalue weighted by Gasteiger charge is 2.17. The molecule has 0 aliphatic carbocycles. The Balaban J connectivity index is 1.70. The number of methoxy groups -OCH3 is 1. The van der Waals surface area contributed by atoms with Crippen LogP contribution in [-0.4, -0.2) is 17.9 Å². The first-order valence-electron chi connectivity index (χ1n) is 10.8. The third kappa shape index (κ3) is 4.77. The van der Waals surface area contributed by atoms with Crippen molar-refractivity contribution in [3.8, 4) is 16.9 Å². The molecule has 4 aromatic rings. The van der Waals surface area contributed by atoms with E-state index in [4.69, 9.17) is 9.15 Å². The summed E-state index contributed by atoms with van der Waals surface area (Å²) in [5.74, 6) is -0.970. The number of hydrogen-bond donors (Lipinski definition) is 1. The minimum Gasteiger partial charge on any atom is -0.496 e. The summed E-state index contributed by atoms with van der Waals surface area (Å²) in [5, 5.41) is 14.4. The molecule has 0 radical (unpaired) electrons. The van der Waals surface area contributed by atoms with E-state index >= 15 is 0 Å². The van der Waals surface area contributed by atoms with Crippen molar-refractivity contribution in [2.24, 2.45) is 0 Å². The first kappa shape index (κ1) is 23.7. The molecular formula is C27H23FN2O5. The molecule has 1 amide bonds. The molecule has 0 aliphatic rings. The predicted octanol–water partition coefficient (Wildman–Crippen LogP) is 6.81. The zero-order valence-corrected chi connectivity index (χ0v) is 19.6. The second-order valence-corrected chi connectivity index (χ2v) is 8.26. The summed E-state index contributed by atoms with van der Waals surface area (Å²) in [6.07, 6.45) is 3.06. The van der Waals surface area contributed by atoms with Crippen molar-refractivity contribution in [1.29, 1.82) is 0 Å². The van der Waals surface area contributed by atoms with E-state index in [-0.39, 0.29) is 5.69 Å². The van der Waals surface area contributed by atoms with Gasteiger partial charge in [-0.25, -0.2) is 0 Å². The van der Waals surface area contributed by atoms with Crippen LogP contribution in [0.25, 0.3) is 27.7 Å². The average molecular weight is 474 g/mol. The molecule has 1 aromatic heterocycles. The van der Waals surface area contributed by atoms with Crippen LogP contribution in [0.2, 0.25) is 0 Å². The van der Waals surface area contributed by atoms with E-state index in [1.54, 1.807) is 19.3 Å². The van der Waals surface area contributed by atoms with Crippen LogP contribution in [0.15, 0.2) is 65.3 Å². The fourth-order valence-electron chi connectivity index (χ4n) is 4.04. The normalized spacial score (nSPS) is 11.5. The van der Waals surface area contributed by atoms with Gasteiger partial charge < -0.3 is 14.5 Å². The number of amides is 1. The molecular weight excluding hydrogens is 451 g/mol. The van der Waals surface area contributed by atoms with Crippen molar-refractivity contribution < 1.29 is 23.3 Å². The van der Waals surface area contributed by atoms with E-state index in [0.717, 1.165) is 39.8 Å². The fourth-order valence-corrected chi connectivity index (χ4v) is 4.04. The molecule has 1 N–H and O–H groups in total. The number of carbonyl (C=O) groups excluding carboxylic acids is 1. The van der Waals surface area contributed by atoms with Gasteiger partial charge in [0.05, 0.1) is 18.3 Å². The van der Waals surface area contributed by atoms with Crippen molar-refractivity contribution >= 4 is 33.8 Å². The molecule has 0 aliphatic heterocycles. The number of halogens is 1. The Kier molecular flexibility index (Phi) is 6.38. The maximum atomic E-state index is 13.6. The van der Waals surface area contributed by atoms with Crippen LogP contribution in [0.1, 0.15) is 23.6 Å². The second kappa shape index (κ2) is 9.42. The largest absolute Gasteiger partial charge is 0.496 e. The van der Waals surface area contributed by atoms with Gasteiger partial charge in [-0.15, -0.1) is 0 Å². The molecule has 0 fully saturated rings. The Hall–Kier alpha value is -4.46. The molecule has 3 aromatic carbocycles. The van der Waals surface area contributed by atoms with Gasteiger partial charge in [0, 0.05) is 40.4 Å². The quantitative estimate of drug-likeness (QED) is 0.188. The van der Waals surface area contributed by atoms with Crippen LogP contribution in [0.5, 0.6) is 5.75 Å². The number of nitrogens with zero attached hydrogens (tertiary/aromatic N) is 1. The number of nitrogens with one attached hydrogen (secondary N) is 1. The van der Waals surface area contributed by atoms with Gasteiger partial charge in [-0.05, 0) is 55.7 Å². The molecule has 0 unspecified atom stereocenters. The van der Waals surface area contributed by atoms with E-state index < -0.39 is 22.3 Å².